The summed E-state index contributed by atoms with van der Waals surface area (Å²) in [4.78, 5) is 2.50. The van der Waals surface area contributed by atoms with E-state index in [1.54, 1.807) is 0 Å². The van der Waals surface area contributed by atoms with Crippen molar-refractivity contribution in [2.24, 2.45) is 11.8 Å². The quantitative estimate of drug-likeness (QED) is 0.855. The molecule has 118 valence electrons. The second kappa shape index (κ2) is 6.32. The molecular weight excluding hydrogens is 272 g/mol. The molecule has 0 aliphatic carbocycles. The summed E-state index contributed by atoms with van der Waals surface area (Å²) >= 11 is 0. The first-order valence-electron chi connectivity index (χ1n) is 8.03. The highest BCUT2D eigenvalue weighted by Crippen LogP contribution is 2.27. The average molecular weight is 302 g/mol. The predicted octanol–water partition coefficient (Wildman–Crippen LogP) is 1.52. The number of nitrogens with one attached hydrogen (secondary N) is 1. The SMILES string of the molecule is CCC(C)C1CN(C2CCS(=O)(=O)C2)C(C(C)C)CN1. The molecule has 4 unspecified atom stereocenters. The van der Waals surface area contributed by atoms with Crippen molar-refractivity contribution in [3.05, 3.63) is 0 Å². The molecule has 0 saturated carbocycles. The molecule has 1 N–H and O–H groups in total. The summed E-state index contributed by atoms with van der Waals surface area (Å²) in [5, 5.41) is 3.68. The van der Waals surface area contributed by atoms with Crippen LogP contribution in [0.3, 0.4) is 0 Å². The van der Waals surface area contributed by atoms with Crippen LogP contribution in [-0.2, 0) is 9.84 Å². The molecule has 2 aliphatic rings. The molecule has 2 rings (SSSR count). The van der Waals surface area contributed by atoms with E-state index in [0.29, 0.717) is 35.4 Å². The van der Waals surface area contributed by atoms with Crippen LogP contribution in [0, 0.1) is 11.8 Å². The summed E-state index contributed by atoms with van der Waals surface area (Å²) in [5.41, 5.74) is 0. The van der Waals surface area contributed by atoms with Crippen molar-refractivity contribution >= 4 is 9.84 Å². The van der Waals surface area contributed by atoms with Gasteiger partial charge < -0.3 is 5.32 Å². The molecule has 0 amide bonds. The lowest BCUT2D eigenvalue weighted by Gasteiger charge is -2.46. The number of piperazine rings is 1. The number of sulfone groups is 1. The zero-order valence-corrected chi connectivity index (χ0v) is 14.1. The van der Waals surface area contributed by atoms with Crippen LogP contribution in [0.5, 0.6) is 0 Å². The smallest absolute Gasteiger partial charge is 0.151 e. The van der Waals surface area contributed by atoms with E-state index in [2.05, 4.69) is 37.9 Å². The molecule has 4 nitrogen and oxygen atoms in total. The second-order valence-electron chi connectivity index (χ2n) is 6.97. The Hall–Kier alpha value is -0.130. The van der Waals surface area contributed by atoms with E-state index in [4.69, 9.17) is 0 Å². The summed E-state index contributed by atoms with van der Waals surface area (Å²) in [6.45, 7) is 11.0. The van der Waals surface area contributed by atoms with Gasteiger partial charge in [-0.1, -0.05) is 34.1 Å². The van der Waals surface area contributed by atoms with Crippen molar-refractivity contribution < 1.29 is 8.42 Å². The van der Waals surface area contributed by atoms with Gasteiger partial charge in [0.1, 0.15) is 0 Å². The molecule has 0 aromatic rings. The van der Waals surface area contributed by atoms with Crippen molar-refractivity contribution in [3.63, 3.8) is 0 Å². The first-order valence-corrected chi connectivity index (χ1v) is 9.85. The molecule has 2 saturated heterocycles. The highest BCUT2D eigenvalue weighted by atomic mass is 32.2. The molecule has 0 aromatic carbocycles. The van der Waals surface area contributed by atoms with Gasteiger partial charge in [0.2, 0.25) is 0 Å². The molecule has 4 atom stereocenters. The summed E-state index contributed by atoms with van der Waals surface area (Å²) < 4.78 is 23.6. The summed E-state index contributed by atoms with van der Waals surface area (Å²) in [6, 6.07) is 1.20. The van der Waals surface area contributed by atoms with Crippen molar-refractivity contribution in [1.29, 1.82) is 0 Å². The third-order valence-electron chi connectivity index (χ3n) is 5.20. The Morgan fingerprint density at radius 1 is 1.30 bits per heavy atom. The second-order valence-corrected chi connectivity index (χ2v) is 9.19. The molecule has 0 spiro atoms. The Labute approximate surface area is 124 Å². The third-order valence-corrected chi connectivity index (χ3v) is 6.95. The maximum atomic E-state index is 11.8. The molecule has 0 bridgehead atoms. The van der Waals surface area contributed by atoms with Gasteiger partial charge in [-0.05, 0) is 18.3 Å². The fourth-order valence-electron chi connectivity index (χ4n) is 3.56. The van der Waals surface area contributed by atoms with Gasteiger partial charge in [-0.15, -0.1) is 0 Å². The Morgan fingerprint density at radius 3 is 2.50 bits per heavy atom. The molecule has 2 heterocycles. The maximum Gasteiger partial charge on any atom is 0.151 e. The minimum atomic E-state index is -2.80. The fourth-order valence-corrected chi connectivity index (χ4v) is 5.30. The molecule has 20 heavy (non-hydrogen) atoms. The minimum absolute atomic E-state index is 0.237. The van der Waals surface area contributed by atoms with Crippen molar-refractivity contribution in [3.8, 4) is 0 Å². The van der Waals surface area contributed by atoms with Crippen LogP contribution < -0.4 is 5.32 Å². The van der Waals surface area contributed by atoms with Crippen LogP contribution >= 0.6 is 0 Å². The van der Waals surface area contributed by atoms with Gasteiger partial charge in [-0.2, -0.15) is 0 Å². The van der Waals surface area contributed by atoms with Crippen LogP contribution in [0.2, 0.25) is 0 Å². The summed E-state index contributed by atoms with van der Waals surface area (Å²) in [6.07, 6.45) is 1.99. The first-order chi connectivity index (χ1) is 9.34. The molecule has 0 radical (unpaired) electrons. The lowest BCUT2D eigenvalue weighted by molar-refractivity contribution is 0.0517. The van der Waals surface area contributed by atoms with E-state index < -0.39 is 9.84 Å². The Balaban J connectivity index is 2.11. The fraction of sp³-hybridized carbons (Fsp3) is 1.00. The summed E-state index contributed by atoms with van der Waals surface area (Å²) in [5.74, 6) is 1.94. The average Bonchev–Trinajstić information content (AvgIpc) is 2.77. The van der Waals surface area contributed by atoms with E-state index in [0.717, 1.165) is 19.5 Å². The summed E-state index contributed by atoms with van der Waals surface area (Å²) in [7, 11) is -2.80. The number of hydrogen-bond donors (Lipinski definition) is 1. The van der Waals surface area contributed by atoms with Crippen LogP contribution in [0.4, 0.5) is 0 Å². The van der Waals surface area contributed by atoms with Gasteiger partial charge in [0, 0.05) is 31.2 Å². The first kappa shape index (κ1) is 16.2. The van der Waals surface area contributed by atoms with E-state index in [1.807, 2.05) is 0 Å². The van der Waals surface area contributed by atoms with Crippen LogP contribution in [0.1, 0.15) is 40.5 Å². The molecule has 5 heteroatoms. The van der Waals surface area contributed by atoms with Gasteiger partial charge >= 0.3 is 0 Å². The highest BCUT2D eigenvalue weighted by Gasteiger charge is 2.40. The van der Waals surface area contributed by atoms with Gasteiger partial charge in [0.25, 0.3) is 0 Å². The Morgan fingerprint density at radius 2 is 2.00 bits per heavy atom. The third kappa shape index (κ3) is 3.55. The standard InChI is InChI=1S/C15H30N2O2S/c1-5-12(4)14-9-17(15(8-16-14)11(2)3)13-6-7-20(18,19)10-13/h11-16H,5-10H2,1-4H3. The number of hydrogen-bond acceptors (Lipinski definition) is 4. The topological polar surface area (TPSA) is 49.4 Å². The van der Waals surface area contributed by atoms with Gasteiger partial charge in [-0.3, -0.25) is 4.90 Å². The van der Waals surface area contributed by atoms with E-state index in [-0.39, 0.29) is 6.04 Å². The lowest BCUT2D eigenvalue weighted by Crippen LogP contribution is -2.62. The van der Waals surface area contributed by atoms with Gasteiger partial charge in [-0.25, -0.2) is 8.42 Å². The normalized spacial score (nSPS) is 36.4. The van der Waals surface area contributed by atoms with E-state index in [1.165, 1.54) is 6.42 Å². The number of rotatable bonds is 4. The van der Waals surface area contributed by atoms with Crippen molar-refractivity contribution in [1.82, 2.24) is 10.2 Å². The molecule has 2 fully saturated rings. The predicted molar refractivity (Wildman–Crippen MR) is 83.6 cm³/mol. The molecule has 2 aliphatic heterocycles. The monoisotopic (exact) mass is 302 g/mol. The minimum Gasteiger partial charge on any atom is -0.311 e. The van der Waals surface area contributed by atoms with Crippen LogP contribution in [-0.4, -0.2) is 56.0 Å². The Bertz CT molecular complexity index is 422. The molecular formula is C15H30N2O2S. The molecule has 0 aromatic heterocycles. The van der Waals surface area contributed by atoms with E-state index in [9.17, 15) is 8.42 Å². The van der Waals surface area contributed by atoms with Crippen molar-refractivity contribution in [2.45, 2.75) is 58.7 Å². The zero-order valence-electron chi connectivity index (χ0n) is 13.3. The van der Waals surface area contributed by atoms with Crippen LogP contribution in [0.15, 0.2) is 0 Å². The largest absolute Gasteiger partial charge is 0.311 e. The maximum absolute atomic E-state index is 11.8. The van der Waals surface area contributed by atoms with E-state index >= 15 is 0 Å². The lowest BCUT2D eigenvalue weighted by atomic mass is 9.91. The Kier molecular flexibility index (Phi) is 5.14. The van der Waals surface area contributed by atoms with Crippen LogP contribution in [0.25, 0.3) is 0 Å². The van der Waals surface area contributed by atoms with Crippen molar-refractivity contribution in [2.75, 3.05) is 24.6 Å². The zero-order chi connectivity index (χ0) is 14.9. The highest BCUT2D eigenvalue weighted by molar-refractivity contribution is 7.91. The van der Waals surface area contributed by atoms with Gasteiger partial charge in [0.15, 0.2) is 9.84 Å². The number of nitrogens with zero attached hydrogens (tertiary/aromatic N) is 1. The van der Waals surface area contributed by atoms with Gasteiger partial charge in [0.05, 0.1) is 11.5 Å².